The van der Waals surface area contributed by atoms with Gasteiger partial charge in [-0.15, -0.1) is 6.58 Å². The molecule has 0 aromatic carbocycles. The first-order valence-corrected chi connectivity index (χ1v) is 4.22. The Balaban J connectivity index is 0. The van der Waals surface area contributed by atoms with Crippen LogP contribution in [-0.4, -0.2) is 18.5 Å². The molecule has 0 aromatic rings. The summed E-state index contributed by atoms with van der Waals surface area (Å²) in [5, 5.41) is 0. The van der Waals surface area contributed by atoms with Crippen molar-refractivity contribution in [3.05, 3.63) is 24.9 Å². The van der Waals surface area contributed by atoms with Crippen molar-refractivity contribution < 1.29 is 0 Å². The van der Waals surface area contributed by atoms with Crippen LogP contribution in [0.25, 0.3) is 0 Å². The highest BCUT2D eigenvalue weighted by atomic mass is 15.1. The molecule has 0 aliphatic rings. The lowest BCUT2D eigenvalue weighted by molar-refractivity contribution is 0.452. The van der Waals surface area contributed by atoms with E-state index >= 15 is 0 Å². The highest BCUT2D eigenvalue weighted by Gasteiger charge is 1.93. The molecule has 0 saturated heterocycles. The molecule has 0 amide bonds. The summed E-state index contributed by atoms with van der Waals surface area (Å²) in [6.45, 7) is 14.5. The lowest BCUT2D eigenvalue weighted by atomic mass is 10.3. The van der Waals surface area contributed by atoms with E-state index in [4.69, 9.17) is 0 Å². The quantitative estimate of drug-likeness (QED) is 0.564. The van der Waals surface area contributed by atoms with Crippen LogP contribution in [0, 0.1) is 0 Å². The molecule has 66 valence electrons. The van der Waals surface area contributed by atoms with Gasteiger partial charge in [0.05, 0.1) is 0 Å². The number of allylic oxidation sites excluding steroid dienone is 1. The third kappa shape index (κ3) is 7.17. The van der Waals surface area contributed by atoms with Crippen LogP contribution in [0.15, 0.2) is 24.9 Å². The van der Waals surface area contributed by atoms with Gasteiger partial charge in [-0.05, 0) is 6.42 Å². The number of likely N-dealkylation sites (N-methyl/N-ethyl adjacent to an activating group) is 1. The number of rotatable bonds is 4. The van der Waals surface area contributed by atoms with Gasteiger partial charge in [-0.25, -0.2) is 0 Å². The van der Waals surface area contributed by atoms with Crippen LogP contribution in [0.5, 0.6) is 0 Å². The Hall–Kier alpha value is -0.720. The van der Waals surface area contributed by atoms with E-state index in [-0.39, 0.29) is 0 Å². The van der Waals surface area contributed by atoms with Crippen molar-refractivity contribution in [2.45, 2.75) is 27.2 Å². The zero-order valence-corrected chi connectivity index (χ0v) is 8.35. The Kier molecular flexibility index (Phi) is 10.9. The molecule has 0 spiro atoms. The average molecular weight is 155 g/mol. The van der Waals surface area contributed by atoms with E-state index in [1.165, 1.54) is 0 Å². The van der Waals surface area contributed by atoms with E-state index in [9.17, 15) is 0 Å². The summed E-state index contributed by atoms with van der Waals surface area (Å²) < 4.78 is 0. The largest absolute Gasteiger partial charge is 0.375 e. The van der Waals surface area contributed by atoms with Crippen LogP contribution in [0.3, 0.4) is 0 Å². The van der Waals surface area contributed by atoms with Crippen LogP contribution >= 0.6 is 0 Å². The molecular formula is C10H21N. The fraction of sp³-hybridized carbons (Fsp3) is 0.600. The van der Waals surface area contributed by atoms with E-state index in [0.717, 1.165) is 18.7 Å². The molecule has 0 saturated carbocycles. The van der Waals surface area contributed by atoms with Crippen LogP contribution in [0.4, 0.5) is 0 Å². The fourth-order valence-electron chi connectivity index (χ4n) is 0.593. The Labute approximate surface area is 71.4 Å². The van der Waals surface area contributed by atoms with E-state index in [1.807, 2.05) is 27.0 Å². The summed E-state index contributed by atoms with van der Waals surface area (Å²) in [4.78, 5) is 2.09. The molecule has 11 heavy (non-hydrogen) atoms. The molecule has 0 N–H and O–H groups in total. The lowest BCUT2D eigenvalue weighted by Crippen LogP contribution is -2.15. The van der Waals surface area contributed by atoms with E-state index in [2.05, 4.69) is 25.0 Å². The molecule has 0 unspecified atom stereocenters. The standard InChI is InChI=1S/C8H15N.C2H6/c1-5-7-9(4)8(3)6-2;1-2/h5H,1,3,6-7H2,2,4H3;1-2H3. The molecule has 1 heteroatoms. The van der Waals surface area contributed by atoms with Crippen molar-refractivity contribution >= 4 is 0 Å². The Morgan fingerprint density at radius 1 is 1.45 bits per heavy atom. The van der Waals surface area contributed by atoms with E-state index in [1.54, 1.807) is 0 Å². The van der Waals surface area contributed by atoms with Gasteiger partial charge in [0.15, 0.2) is 0 Å². The van der Waals surface area contributed by atoms with Gasteiger partial charge in [0.25, 0.3) is 0 Å². The van der Waals surface area contributed by atoms with Gasteiger partial charge in [-0.1, -0.05) is 33.4 Å². The summed E-state index contributed by atoms with van der Waals surface area (Å²) >= 11 is 0. The SMILES string of the molecule is C=CCN(C)C(=C)CC.CC. The molecule has 0 fully saturated rings. The Bertz CT molecular complexity index is 105. The summed E-state index contributed by atoms with van der Waals surface area (Å²) in [5.74, 6) is 0. The van der Waals surface area contributed by atoms with Crippen molar-refractivity contribution in [3.63, 3.8) is 0 Å². The second kappa shape index (κ2) is 9.28. The van der Waals surface area contributed by atoms with E-state index in [0.29, 0.717) is 0 Å². The van der Waals surface area contributed by atoms with Crippen molar-refractivity contribution in [1.82, 2.24) is 4.90 Å². The maximum absolute atomic E-state index is 3.87. The monoisotopic (exact) mass is 155 g/mol. The summed E-state index contributed by atoms with van der Waals surface area (Å²) in [5.41, 5.74) is 1.16. The minimum atomic E-state index is 0.896. The maximum Gasteiger partial charge on any atom is 0.0350 e. The van der Waals surface area contributed by atoms with E-state index < -0.39 is 0 Å². The number of hydrogen-bond acceptors (Lipinski definition) is 1. The second-order valence-corrected chi connectivity index (χ2v) is 2.09. The zero-order valence-electron chi connectivity index (χ0n) is 8.35. The minimum absolute atomic E-state index is 0.896. The second-order valence-electron chi connectivity index (χ2n) is 2.09. The van der Waals surface area contributed by atoms with Gasteiger partial charge in [-0.3, -0.25) is 0 Å². The van der Waals surface area contributed by atoms with Crippen molar-refractivity contribution in [1.29, 1.82) is 0 Å². The molecule has 0 rings (SSSR count). The molecule has 0 aromatic heterocycles. The molecule has 1 nitrogen and oxygen atoms in total. The predicted octanol–water partition coefficient (Wildman–Crippen LogP) is 3.05. The van der Waals surface area contributed by atoms with Gasteiger partial charge in [0, 0.05) is 19.3 Å². The summed E-state index contributed by atoms with van der Waals surface area (Å²) in [7, 11) is 2.02. The van der Waals surface area contributed by atoms with Crippen molar-refractivity contribution in [2.24, 2.45) is 0 Å². The smallest absolute Gasteiger partial charge is 0.0350 e. The summed E-state index contributed by atoms with van der Waals surface area (Å²) in [6.07, 6.45) is 2.89. The third-order valence-corrected chi connectivity index (χ3v) is 1.35. The first kappa shape index (κ1) is 12.9. The van der Waals surface area contributed by atoms with Crippen molar-refractivity contribution in [2.75, 3.05) is 13.6 Å². The number of hydrogen-bond donors (Lipinski definition) is 0. The minimum Gasteiger partial charge on any atom is -0.375 e. The maximum atomic E-state index is 3.87. The lowest BCUT2D eigenvalue weighted by Gasteiger charge is -2.17. The van der Waals surface area contributed by atoms with Gasteiger partial charge in [0.2, 0.25) is 0 Å². The summed E-state index contributed by atoms with van der Waals surface area (Å²) in [6, 6.07) is 0. The van der Waals surface area contributed by atoms with Crippen LogP contribution < -0.4 is 0 Å². The fourth-order valence-corrected chi connectivity index (χ4v) is 0.593. The normalized spacial score (nSPS) is 7.64. The molecule has 0 bridgehead atoms. The van der Waals surface area contributed by atoms with Crippen LogP contribution in [-0.2, 0) is 0 Å². The topological polar surface area (TPSA) is 3.24 Å². The van der Waals surface area contributed by atoms with Gasteiger partial charge in [0.1, 0.15) is 0 Å². The molecule has 0 aliphatic heterocycles. The highest BCUT2D eigenvalue weighted by molar-refractivity contribution is 4.93. The van der Waals surface area contributed by atoms with Crippen LogP contribution in [0.1, 0.15) is 27.2 Å². The van der Waals surface area contributed by atoms with Crippen LogP contribution in [0.2, 0.25) is 0 Å². The molecule has 0 radical (unpaired) electrons. The molecular weight excluding hydrogens is 134 g/mol. The first-order chi connectivity index (χ1) is 5.22. The highest BCUT2D eigenvalue weighted by Crippen LogP contribution is 2.00. The number of nitrogens with zero attached hydrogens (tertiary/aromatic N) is 1. The predicted molar refractivity (Wildman–Crippen MR) is 53.6 cm³/mol. The third-order valence-electron chi connectivity index (χ3n) is 1.35. The Morgan fingerprint density at radius 3 is 2.18 bits per heavy atom. The Morgan fingerprint density at radius 2 is 1.91 bits per heavy atom. The molecule has 0 aliphatic carbocycles. The molecule has 0 atom stereocenters. The zero-order chi connectivity index (χ0) is 9.28. The van der Waals surface area contributed by atoms with Crippen molar-refractivity contribution in [3.8, 4) is 0 Å². The van der Waals surface area contributed by atoms with Gasteiger partial charge in [-0.2, -0.15) is 0 Å². The average Bonchev–Trinajstić information content (AvgIpc) is 2.07. The van der Waals surface area contributed by atoms with Gasteiger partial charge < -0.3 is 4.90 Å². The van der Waals surface area contributed by atoms with Gasteiger partial charge >= 0.3 is 0 Å². The molecule has 0 heterocycles. The first-order valence-electron chi connectivity index (χ1n) is 4.22.